The van der Waals surface area contributed by atoms with Crippen molar-refractivity contribution in [1.82, 2.24) is 10.6 Å². The number of anilines is 1. The summed E-state index contributed by atoms with van der Waals surface area (Å²) in [7, 11) is 2.04. The molecule has 2 rings (SSSR count). The third-order valence-electron chi connectivity index (χ3n) is 5.59. The molecule has 0 atom stereocenters. The first kappa shape index (κ1) is 26.0. The van der Waals surface area contributed by atoms with Gasteiger partial charge in [-0.2, -0.15) is 0 Å². The zero-order valence-corrected chi connectivity index (χ0v) is 21.2. The van der Waals surface area contributed by atoms with Crippen molar-refractivity contribution in [2.75, 3.05) is 18.5 Å². The van der Waals surface area contributed by atoms with Crippen LogP contribution in [-0.4, -0.2) is 49.2 Å². The molecular weight excluding hydrogens is 476 g/mol. The molecule has 0 saturated heterocycles. The Kier molecular flexibility index (Phi) is 8.95. The molecule has 1 saturated carbocycles. The molecule has 0 unspecified atom stereocenters. The van der Waals surface area contributed by atoms with Gasteiger partial charge in [0.2, 0.25) is 5.91 Å². The van der Waals surface area contributed by atoms with Crippen molar-refractivity contribution < 1.29 is 19.1 Å². The Labute approximate surface area is 198 Å². The second kappa shape index (κ2) is 11.0. The van der Waals surface area contributed by atoms with E-state index in [0.29, 0.717) is 11.6 Å². The summed E-state index contributed by atoms with van der Waals surface area (Å²) in [5.74, 6) is -0.682. The number of benzene rings is 1. The number of hydrogen-bond acceptors (Lipinski definition) is 5. The number of hydrogen-bond donors (Lipinski definition) is 3. The minimum Gasteiger partial charge on any atom is -0.444 e. The van der Waals surface area contributed by atoms with Crippen LogP contribution in [0.15, 0.2) is 16.6 Å². The van der Waals surface area contributed by atoms with Crippen molar-refractivity contribution in [3.63, 3.8) is 0 Å². The fourth-order valence-electron chi connectivity index (χ4n) is 3.94. The van der Waals surface area contributed by atoms with Gasteiger partial charge in [0.05, 0.1) is 0 Å². The number of nitrogens with zero attached hydrogens (tertiary/aromatic N) is 1. The van der Waals surface area contributed by atoms with Crippen LogP contribution in [-0.2, 0) is 9.53 Å². The normalized spacial score (nSPS) is 18.6. The van der Waals surface area contributed by atoms with Gasteiger partial charge in [0.25, 0.3) is 5.91 Å². The van der Waals surface area contributed by atoms with Crippen molar-refractivity contribution in [3.8, 4) is 0 Å². The molecule has 0 bridgehead atoms. The van der Waals surface area contributed by atoms with Gasteiger partial charge >= 0.3 is 6.09 Å². The van der Waals surface area contributed by atoms with Crippen LogP contribution in [0.4, 0.5) is 10.5 Å². The van der Waals surface area contributed by atoms with Gasteiger partial charge in [-0.15, -0.1) is 0 Å². The number of carbonyl (C=O) groups is 3. The van der Waals surface area contributed by atoms with Crippen LogP contribution in [0.5, 0.6) is 0 Å². The summed E-state index contributed by atoms with van der Waals surface area (Å²) < 4.78 is 6.17. The van der Waals surface area contributed by atoms with Crippen LogP contribution in [0.25, 0.3) is 0 Å². The average Bonchev–Trinajstić information content (AvgIpc) is 2.67. The summed E-state index contributed by atoms with van der Waals surface area (Å²) >= 11 is 3.52. The second-order valence-corrected chi connectivity index (χ2v) is 10.2. The largest absolute Gasteiger partial charge is 0.444 e. The molecule has 0 radical (unpaired) electrons. The van der Waals surface area contributed by atoms with Crippen molar-refractivity contribution in [2.45, 2.75) is 77.5 Å². The van der Waals surface area contributed by atoms with Crippen LogP contribution >= 0.6 is 15.9 Å². The number of carbonyl (C=O) groups excluding carboxylic acids is 3. The van der Waals surface area contributed by atoms with Crippen LogP contribution < -0.4 is 21.3 Å². The van der Waals surface area contributed by atoms with Gasteiger partial charge in [0.15, 0.2) is 0 Å². The Morgan fingerprint density at radius 3 is 2.38 bits per heavy atom. The molecule has 32 heavy (non-hydrogen) atoms. The van der Waals surface area contributed by atoms with Crippen LogP contribution in [0, 0.1) is 6.92 Å². The van der Waals surface area contributed by atoms with E-state index in [1.54, 1.807) is 6.07 Å². The molecule has 1 aliphatic rings. The smallest absolute Gasteiger partial charge is 0.407 e. The lowest BCUT2D eigenvalue weighted by Crippen LogP contribution is -2.44. The second-order valence-electron chi connectivity index (χ2n) is 9.33. The Morgan fingerprint density at radius 2 is 1.81 bits per heavy atom. The molecule has 1 fully saturated rings. The number of amides is 3. The molecule has 0 aromatic heterocycles. The van der Waals surface area contributed by atoms with Gasteiger partial charge in [-0.25, -0.2) is 4.79 Å². The summed E-state index contributed by atoms with van der Waals surface area (Å²) in [5, 5.41) is 5.73. The molecular formula is C23H35BrN4O4. The van der Waals surface area contributed by atoms with Gasteiger partial charge in [-0.05, 0) is 71.1 Å². The van der Waals surface area contributed by atoms with Crippen molar-refractivity contribution in [1.29, 1.82) is 0 Å². The molecule has 178 valence electrons. The lowest BCUT2D eigenvalue weighted by atomic mass is 9.89. The van der Waals surface area contributed by atoms with E-state index in [2.05, 4.69) is 31.5 Å². The highest BCUT2D eigenvalue weighted by molar-refractivity contribution is 9.10. The van der Waals surface area contributed by atoms with Crippen LogP contribution in [0.1, 0.15) is 68.8 Å². The maximum atomic E-state index is 12.6. The predicted octanol–water partition coefficient (Wildman–Crippen LogP) is 3.63. The summed E-state index contributed by atoms with van der Waals surface area (Å²) in [6.45, 7) is 7.69. The van der Waals surface area contributed by atoms with Gasteiger partial charge in [-0.3, -0.25) is 9.59 Å². The predicted molar refractivity (Wildman–Crippen MR) is 129 cm³/mol. The Morgan fingerprint density at radius 1 is 1.19 bits per heavy atom. The van der Waals surface area contributed by atoms with Gasteiger partial charge in [-0.1, -0.05) is 15.9 Å². The maximum absolute atomic E-state index is 12.6. The molecule has 8 nitrogen and oxygen atoms in total. The van der Waals surface area contributed by atoms with Crippen LogP contribution in [0.3, 0.4) is 0 Å². The highest BCUT2D eigenvalue weighted by Gasteiger charge is 2.28. The number of alkyl carbamates (subject to hydrolysis) is 1. The molecule has 3 amide bonds. The molecule has 0 heterocycles. The van der Waals surface area contributed by atoms with Crippen molar-refractivity contribution >= 4 is 39.5 Å². The molecule has 1 aliphatic carbocycles. The first-order valence-electron chi connectivity index (χ1n) is 11.0. The number of nitrogens with one attached hydrogen (secondary N) is 2. The molecule has 9 heteroatoms. The Bertz CT molecular complexity index is 845. The third-order valence-corrected chi connectivity index (χ3v) is 6.05. The standard InChI is InChI=1S/C23H35BrN4O4/c1-14-18(21(30)26-11-10-20(25)29)12-15(24)13-19(14)28(5)17-8-6-16(7-9-17)27-22(31)32-23(2,3)4/h12-13,16-17H,6-11H2,1-5H3,(H2,25,29)(H,26,30)(H,27,31). The zero-order valence-electron chi connectivity index (χ0n) is 19.6. The van der Waals surface area contributed by atoms with E-state index in [0.717, 1.165) is 41.4 Å². The van der Waals surface area contributed by atoms with E-state index in [9.17, 15) is 14.4 Å². The van der Waals surface area contributed by atoms with Gasteiger partial charge < -0.3 is 26.0 Å². The first-order chi connectivity index (χ1) is 14.9. The lowest BCUT2D eigenvalue weighted by molar-refractivity contribution is -0.117. The van der Waals surface area contributed by atoms with Crippen molar-refractivity contribution in [2.24, 2.45) is 5.73 Å². The Balaban J connectivity index is 2.02. The maximum Gasteiger partial charge on any atom is 0.407 e. The van der Waals surface area contributed by atoms with Crippen LogP contribution in [0.2, 0.25) is 0 Å². The summed E-state index contributed by atoms with van der Waals surface area (Å²) in [6.07, 6.45) is 3.30. The minimum atomic E-state index is -0.510. The molecule has 4 N–H and O–H groups in total. The summed E-state index contributed by atoms with van der Waals surface area (Å²) in [4.78, 5) is 37.8. The van der Waals surface area contributed by atoms with E-state index < -0.39 is 11.5 Å². The van der Waals surface area contributed by atoms with Crippen molar-refractivity contribution in [3.05, 3.63) is 27.7 Å². The number of primary amides is 1. The van der Waals surface area contributed by atoms with E-state index >= 15 is 0 Å². The summed E-state index contributed by atoms with van der Waals surface area (Å²) in [5.41, 5.74) is 7.05. The van der Waals surface area contributed by atoms with E-state index in [1.165, 1.54) is 0 Å². The minimum absolute atomic E-state index is 0.102. The molecule has 0 spiro atoms. The van der Waals surface area contributed by atoms with E-state index in [-0.39, 0.29) is 31.0 Å². The number of rotatable bonds is 7. The fraction of sp³-hybridized carbons (Fsp3) is 0.609. The van der Waals surface area contributed by atoms with Gasteiger partial charge in [0.1, 0.15) is 5.60 Å². The topological polar surface area (TPSA) is 114 Å². The SMILES string of the molecule is Cc1c(C(=O)NCCC(N)=O)cc(Br)cc1N(C)C1CCC(NC(=O)OC(C)(C)C)CC1. The average molecular weight is 511 g/mol. The number of ether oxygens (including phenoxy) is 1. The first-order valence-corrected chi connectivity index (χ1v) is 11.8. The number of halogens is 1. The summed E-state index contributed by atoms with van der Waals surface area (Å²) in [6, 6.07) is 4.20. The lowest BCUT2D eigenvalue weighted by Gasteiger charge is -2.37. The number of nitrogens with two attached hydrogens (primary N) is 1. The monoisotopic (exact) mass is 510 g/mol. The van der Waals surface area contributed by atoms with E-state index in [4.69, 9.17) is 10.5 Å². The molecule has 1 aromatic rings. The highest BCUT2D eigenvalue weighted by atomic mass is 79.9. The third kappa shape index (κ3) is 7.69. The quantitative estimate of drug-likeness (QED) is 0.518. The van der Waals surface area contributed by atoms with E-state index in [1.807, 2.05) is 40.8 Å². The highest BCUT2D eigenvalue weighted by Crippen LogP contribution is 2.32. The molecule has 1 aromatic carbocycles. The molecule has 0 aliphatic heterocycles. The zero-order chi connectivity index (χ0) is 24.1. The van der Waals surface area contributed by atoms with Gasteiger partial charge in [0, 0.05) is 47.8 Å². The fourth-order valence-corrected chi connectivity index (χ4v) is 4.39. The Hall–Kier alpha value is -2.29.